The van der Waals surface area contributed by atoms with Crippen LogP contribution in [0.15, 0.2) is 22.2 Å². The largest absolute Gasteiger partial charge is 0.349 e. The van der Waals surface area contributed by atoms with Crippen LogP contribution in [0, 0.1) is 6.92 Å². The van der Waals surface area contributed by atoms with E-state index in [2.05, 4.69) is 42.6 Å². The van der Waals surface area contributed by atoms with Gasteiger partial charge in [-0.05, 0) is 64.1 Å². The third-order valence-corrected chi connectivity index (χ3v) is 4.47. The molecule has 1 aromatic rings. The molecule has 0 saturated carbocycles. The minimum atomic E-state index is 0.0599. The molecule has 1 fully saturated rings. The zero-order valence-corrected chi connectivity index (χ0v) is 14.2. The standard InChI is InChI=1S/C16H23N3OS/c1-6-17-16-18(7-2)15(20)14(21-16)9-13-8-12(5)19(10-13)11(3)4/h8-11H,6-7H2,1-5H3/b14-9+,17-16?. The monoisotopic (exact) mass is 305 g/mol. The SMILES string of the molecule is CCN=C1S/C(=C/c2cc(C)n(C(C)C)c2)C(=O)N1CC. The van der Waals surface area contributed by atoms with Crippen molar-refractivity contribution in [2.24, 2.45) is 4.99 Å². The summed E-state index contributed by atoms with van der Waals surface area (Å²) in [6, 6.07) is 2.54. The third kappa shape index (κ3) is 3.23. The predicted molar refractivity (Wildman–Crippen MR) is 90.5 cm³/mol. The van der Waals surface area contributed by atoms with Gasteiger partial charge in [0.05, 0.1) is 4.91 Å². The molecule has 0 bridgehead atoms. The van der Waals surface area contributed by atoms with Crippen LogP contribution in [-0.2, 0) is 4.79 Å². The van der Waals surface area contributed by atoms with E-state index in [4.69, 9.17) is 0 Å². The van der Waals surface area contributed by atoms with Crippen molar-refractivity contribution >= 4 is 28.9 Å². The van der Waals surface area contributed by atoms with E-state index in [9.17, 15) is 4.79 Å². The molecule has 1 saturated heterocycles. The van der Waals surface area contributed by atoms with E-state index in [0.29, 0.717) is 19.1 Å². The maximum atomic E-state index is 12.4. The Kier molecular flexibility index (Phi) is 4.93. The number of thioether (sulfide) groups is 1. The first-order chi connectivity index (χ1) is 9.97. The zero-order chi connectivity index (χ0) is 15.6. The molecule has 0 N–H and O–H groups in total. The van der Waals surface area contributed by atoms with Crippen LogP contribution in [-0.4, -0.2) is 33.6 Å². The number of hydrogen-bond acceptors (Lipinski definition) is 3. The second-order valence-corrected chi connectivity index (χ2v) is 6.34. The summed E-state index contributed by atoms with van der Waals surface area (Å²) in [7, 11) is 0. The van der Waals surface area contributed by atoms with Gasteiger partial charge in [-0.3, -0.25) is 14.7 Å². The first-order valence-electron chi connectivity index (χ1n) is 7.42. The molecule has 21 heavy (non-hydrogen) atoms. The molecule has 1 aliphatic heterocycles. The Bertz CT molecular complexity index is 599. The Hall–Kier alpha value is -1.49. The minimum absolute atomic E-state index is 0.0599. The van der Waals surface area contributed by atoms with Crippen LogP contribution < -0.4 is 0 Å². The van der Waals surface area contributed by atoms with Gasteiger partial charge in [0, 0.05) is 31.0 Å². The number of carbonyl (C=O) groups excluding carboxylic acids is 1. The molecule has 114 valence electrons. The highest BCUT2D eigenvalue weighted by molar-refractivity contribution is 8.18. The van der Waals surface area contributed by atoms with Crippen LogP contribution in [0.2, 0.25) is 0 Å². The van der Waals surface area contributed by atoms with Gasteiger partial charge in [-0.1, -0.05) is 0 Å². The molecule has 0 unspecified atom stereocenters. The van der Waals surface area contributed by atoms with Crippen molar-refractivity contribution < 1.29 is 4.79 Å². The van der Waals surface area contributed by atoms with Gasteiger partial charge in [-0.15, -0.1) is 0 Å². The van der Waals surface area contributed by atoms with Crippen LogP contribution in [0.25, 0.3) is 6.08 Å². The van der Waals surface area contributed by atoms with Gasteiger partial charge in [-0.2, -0.15) is 0 Å². The Morgan fingerprint density at radius 2 is 2.10 bits per heavy atom. The molecule has 0 aliphatic carbocycles. The van der Waals surface area contributed by atoms with Crippen molar-refractivity contribution in [3.05, 3.63) is 28.4 Å². The van der Waals surface area contributed by atoms with Crippen molar-refractivity contribution in [2.45, 2.75) is 40.7 Å². The average molecular weight is 305 g/mol. The molecular weight excluding hydrogens is 282 g/mol. The fourth-order valence-corrected chi connectivity index (χ4v) is 3.55. The van der Waals surface area contributed by atoms with Crippen molar-refractivity contribution in [1.82, 2.24) is 9.47 Å². The van der Waals surface area contributed by atoms with Gasteiger partial charge < -0.3 is 4.57 Å². The molecule has 0 atom stereocenters. The van der Waals surface area contributed by atoms with Crippen LogP contribution in [0.4, 0.5) is 0 Å². The molecule has 5 heteroatoms. The maximum absolute atomic E-state index is 12.4. The Morgan fingerprint density at radius 1 is 1.38 bits per heavy atom. The normalized spacial score (nSPS) is 19.5. The predicted octanol–water partition coefficient (Wildman–Crippen LogP) is 3.69. The van der Waals surface area contributed by atoms with Crippen molar-refractivity contribution in [3.8, 4) is 0 Å². The van der Waals surface area contributed by atoms with Crippen LogP contribution in [0.1, 0.15) is 45.0 Å². The lowest BCUT2D eigenvalue weighted by Gasteiger charge is -2.11. The van der Waals surface area contributed by atoms with Gasteiger partial charge in [0.25, 0.3) is 5.91 Å². The van der Waals surface area contributed by atoms with E-state index in [1.807, 2.05) is 19.9 Å². The van der Waals surface area contributed by atoms with Gasteiger partial charge in [-0.25, -0.2) is 0 Å². The lowest BCUT2D eigenvalue weighted by atomic mass is 10.3. The number of amides is 1. The van der Waals surface area contributed by atoms with E-state index < -0.39 is 0 Å². The number of aromatic nitrogens is 1. The zero-order valence-electron chi connectivity index (χ0n) is 13.4. The number of hydrogen-bond donors (Lipinski definition) is 0. The summed E-state index contributed by atoms with van der Waals surface area (Å²) >= 11 is 1.47. The second-order valence-electron chi connectivity index (χ2n) is 5.33. The lowest BCUT2D eigenvalue weighted by Crippen LogP contribution is -2.28. The first kappa shape index (κ1) is 15.9. The Morgan fingerprint density at radius 3 is 2.62 bits per heavy atom. The maximum Gasteiger partial charge on any atom is 0.266 e. The van der Waals surface area contributed by atoms with Gasteiger partial charge >= 0.3 is 0 Å². The van der Waals surface area contributed by atoms with E-state index >= 15 is 0 Å². The van der Waals surface area contributed by atoms with Gasteiger partial charge in [0.15, 0.2) is 5.17 Å². The van der Waals surface area contributed by atoms with Crippen LogP contribution in [0.5, 0.6) is 0 Å². The molecule has 0 aromatic carbocycles. The van der Waals surface area contributed by atoms with E-state index in [1.54, 1.807) is 4.90 Å². The summed E-state index contributed by atoms with van der Waals surface area (Å²) in [4.78, 5) is 19.3. The number of rotatable bonds is 4. The van der Waals surface area contributed by atoms with E-state index in [-0.39, 0.29) is 5.91 Å². The average Bonchev–Trinajstić information content (AvgIpc) is 2.92. The molecule has 1 aliphatic rings. The first-order valence-corrected chi connectivity index (χ1v) is 8.23. The summed E-state index contributed by atoms with van der Waals surface area (Å²) in [6.07, 6.45) is 4.08. The summed E-state index contributed by atoms with van der Waals surface area (Å²) in [5.74, 6) is 0.0599. The van der Waals surface area contributed by atoms with Gasteiger partial charge in [0.2, 0.25) is 0 Å². The molecule has 0 spiro atoms. The number of amidine groups is 1. The summed E-state index contributed by atoms with van der Waals surface area (Å²) in [5, 5.41) is 0.816. The number of aliphatic imine (C=N–C) groups is 1. The number of carbonyl (C=O) groups is 1. The third-order valence-electron chi connectivity index (χ3n) is 3.42. The molecule has 4 nitrogen and oxygen atoms in total. The van der Waals surface area contributed by atoms with Crippen molar-refractivity contribution in [3.63, 3.8) is 0 Å². The molecule has 1 aromatic heterocycles. The van der Waals surface area contributed by atoms with Crippen molar-refractivity contribution in [2.75, 3.05) is 13.1 Å². The smallest absolute Gasteiger partial charge is 0.266 e. The van der Waals surface area contributed by atoms with Gasteiger partial charge in [0.1, 0.15) is 0 Å². The highest BCUT2D eigenvalue weighted by Crippen LogP contribution is 2.32. The second kappa shape index (κ2) is 6.52. The van der Waals surface area contributed by atoms with Crippen molar-refractivity contribution in [1.29, 1.82) is 0 Å². The van der Waals surface area contributed by atoms with E-state index in [1.165, 1.54) is 17.5 Å². The summed E-state index contributed by atoms with van der Waals surface area (Å²) < 4.78 is 2.22. The quantitative estimate of drug-likeness (QED) is 0.796. The molecule has 0 radical (unpaired) electrons. The summed E-state index contributed by atoms with van der Waals surface area (Å²) in [5.41, 5.74) is 2.29. The molecule has 1 amide bonds. The number of likely N-dealkylation sites (N-methyl/N-ethyl adjacent to an activating group) is 1. The van der Waals surface area contributed by atoms with Crippen LogP contribution in [0.3, 0.4) is 0 Å². The summed E-state index contributed by atoms with van der Waals surface area (Å²) in [6.45, 7) is 11.7. The van der Waals surface area contributed by atoms with E-state index in [0.717, 1.165) is 15.6 Å². The fourth-order valence-electron chi connectivity index (χ4n) is 2.44. The Balaban J connectivity index is 2.31. The minimum Gasteiger partial charge on any atom is -0.349 e. The lowest BCUT2D eigenvalue weighted by molar-refractivity contribution is -0.122. The highest BCUT2D eigenvalue weighted by atomic mass is 32.2. The molecule has 2 rings (SSSR count). The molecule has 2 heterocycles. The molecular formula is C16H23N3OS. The highest BCUT2D eigenvalue weighted by Gasteiger charge is 2.31. The fraction of sp³-hybridized carbons (Fsp3) is 0.500. The topological polar surface area (TPSA) is 37.6 Å². The van der Waals surface area contributed by atoms with Crippen LogP contribution >= 0.6 is 11.8 Å². The number of nitrogens with zero attached hydrogens (tertiary/aromatic N) is 3. The Labute approximate surface area is 130 Å². The number of aryl methyl sites for hydroxylation is 1.